The Morgan fingerprint density at radius 1 is 0.500 bits per heavy atom. The molecule has 2 aromatic carbocycles. The number of benzene rings is 2. The van der Waals surface area contributed by atoms with Crippen LogP contribution in [0.3, 0.4) is 0 Å². The first-order chi connectivity index (χ1) is 12.6. The number of carboxylic acid groups (broad SMARTS) is 2. The number of carboxylic acids is 2. The zero-order valence-electron chi connectivity index (χ0n) is 17.5. The van der Waals surface area contributed by atoms with E-state index in [1.807, 2.05) is 55.4 Å². The molecule has 0 heterocycles. The van der Waals surface area contributed by atoms with Crippen molar-refractivity contribution < 1.29 is 19.8 Å². The van der Waals surface area contributed by atoms with Crippen molar-refractivity contribution in [2.24, 2.45) is 0 Å². The molecule has 0 bridgehead atoms. The van der Waals surface area contributed by atoms with Crippen LogP contribution in [0.4, 0.5) is 0 Å². The molecule has 0 aliphatic heterocycles. The highest BCUT2D eigenvalue weighted by molar-refractivity contribution is 5.87. The van der Waals surface area contributed by atoms with Gasteiger partial charge in [0, 0.05) is 0 Å². The molecule has 4 nitrogen and oxygen atoms in total. The fraction of sp³-hybridized carbons (Fsp3) is 0.364. The third-order valence-electron chi connectivity index (χ3n) is 2.04. The van der Waals surface area contributed by atoms with Crippen LogP contribution < -0.4 is 0 Å². The van der Waals surface area contributed by atoms with Crippen molar-refractivity contribution in [3.05, 3.63) is 71.8 Å². The molecule has 0 unspecified atom stereocenters. The number of carbonyl (C=O) groups is 2. The SMILES string of the molecule is CC.CC.CC.CC.O=C(O)c1ccccc1.O=C(O)c1ccccc1. The molecule has 0 saturated carbocycles. The molecule has 0 saturated heterocycles. The molecule has 0 aliphatic carbocycles. The van der Waals surface area contributed by atoms with E-state index in [2.05, 4.69) is 0 Å². The van der Waals surface area contributed by atoms with E-state index in [0.717, 1.165) is 0 Å². The van der Waals surface area contributed by atoms with Gasteiger partial charge in [0.25, 0.3) is 0 Å². The third-order valence-corrected chi connectivity index (χ3v) is 2.04. The summed E-state index contributed by atoms with van der Waals surface area (Å²) >= 11 is 0. The van der Waals surface area contributed by atoms with E-state index in [1.165, 1.54) is 0 Å². The van der Waals surface area contributed by atoms with Gasteiger partial charge in [-0.3, -0.25) is 0 Å². The van der Waals surface area contributed by atoms with Crippen LogP contribution >= 0.6 is 0 Å². The van der Waals surface area contributed by atoms with Gasteiger partial charge in [0.05, 0.1) is 11.1 Å². The first-order valence-electron chi connectivity index (χ1n) is 9.18. The van der Waals surface area contributed by atoms with Crippen LogP contribution in [0.15, 0.2) is 60.7 Å². The fourth-order valence-electron chi connectivity index (χ4n) is 1.16. The average Bonchev–Trinajstić information content (AvgIpc) is 2.75. The van der Waals surface area contributed by atoms with Crippen molar-refractivity contribution in [2.45, 2.75) is 55.4 Å². The molecule has 2 N–H and O–H groups in total. The van der Waals surface area contributed by atoms with E-state index in [-0.39, 0.29) is 0 Å². The van der Waals surface area contributed by atoms with Gasteiger partial charge in [-0.15, -0.1) is 0 Å². The Bertz CT molecular complexity index is 459. The lowest BCUT2D eigenvalue weighted by atomic mass is 10.2. The Kier molecular flexibility index (Phi) is 32.7. The predicted octanol–water partition coefficient (Wildman–Crippen LogP) is 6.87. The van der Waals surface area contributed by atoms with Crippen molar-refractivity contribution >= 4 is 11.9 Å². The first kappa shape index (κ1) is 31.2. The van der Waals surface area contributed by atoms with E-state index < -0.39 is 11.9 Å². The summed E-state index contributed by atoms with van der Waals surface area (Å²) in [7, 11) is 0. The summed E-state index contributed by atoms with van der Waals surface area (Å²) < 4.78 is 0. The molecule has 2 rings (SSSR count). The minimum absolute atomic E-state index is 0.331. The van der Waals surface area contributed by atoms with Crippen LogP contribution in [0.5, 0.6) is 0 Å². The van der Waals surface area contributed by atoms with Gasteiger partial charge < -0.3 is 10.2 Å². The van der Waals surface area contributed by atoms with Crippen LogP contribution in [0.25, 0.3) is 0 Å². The lowest BCUT2D eigenvalue weighted by molar-refractivity contribution is 0.0686. The Labute approximate surface area is 159 Å². The van der Waals surface area contributed by atoms with Gasteiger partial charge >= 0.3 is 11.9 Å². The van der Waals surface area contributed by atoms with Crippen molar-refractivity contribution in [1.82, 2.24) is 0 Å². The number of aromatic carboxylic acids is 2. The van der Waals surface area contributed by atoms with Crippen LogP contribution in [-0.2, 0) is 0 Å². The van der Waals surface area contributed by atoms with Gasteiger partial charge in [-0.05, 0) is 24.3 Å². The predicted molar refractivity (Wildman–Crippen MR) is 112 cm³/mol. The largest absolute Gasteiger partial charge is 0.478 e. The lowest BCUT2D eigenvalue weighted by Crippen LogP contribution is -1.93. The van der Waals surface area contributed by atoms with Crippen LogP contribution in [0.2, 0.25) is 0 Å². The van der Waals surface area contributed by atoms with Crippen LogP contribution in [0.1, 0.15) is 76.1 Å². The summed E-state index contributed by atoms with van der Waals surface area (Å²) in [6.07, 6.45) is 0. The summed E-state index contributed by atoms with van der Waals surface area (Å²) in [6.45, 7) is 16.0. The molecule has 0 spiro atoms. The maximum atomic E-state index is 10.2. The number of hydrogen-bond donors (Lipinski definition) is 2. The minimum Gasteiger partial charge on any atom is -0.478 e. The van der Waals surface area contributed by atoms with Crippen LogP contribution in [-0.4, -0.2) is 22.2 Å². The van der Waals surface area contributed by atoms with Crippen molar-refractivity contribution in [3.8, 4) is 0 Å². The topological polar surface area (TPSA) is 74.6 Å². The van der Waals surface area contributed by atoms with Crippen LogP contribution in [0, 0.1) is 0 Å². The first-order valence-corrected chi connectivity index (χ1v) is 9.18. The second-order valence-electron chi connectivity index (χ2n) is 3.34. The van der Waals surface area contributed by atoms with E-state index in [4.69, 9.17) is 10.2 Å². The normalized spacial score (nSPS) is 7.08. The molecule has 148 valence electrons. The molecule has 4 heteroatoms. The van der Waals surface area contributed by atoms with Gasteiger partial charge in [0.2, 0.25) is 0 Å². The minimum atomic E-state index is -0.879. The van der Waals surface area contributed by atoms with Crippen molar-refractivity contribution in [3.63, 3.8) is 0 Å². The van der Waals surface area contributed by atoms with E-state index in [1.54, 1.807) is 60.7 Å². The Balaban J connectivity index is -0.000000135. The van der Waals surface area contributed by atoms with E-state index in [0.29, 0.717) is 11.1 Å². The molecule has 0 fully saturated rings. The molecule has 2 aromatic rings. The standard InChI is InChI=1S/2C7H6O2.4C2H6/c2*8-7(9)6-4-2-1-3-5-6;4*1-2/h2*1-5H,(H,8,9);4*1-2H3. The fourth-order valence-corrected chi connectivity index (χ4v) is 1.16. The molecule has 0 aromatic heterocycles. The van der Waals surface area contributed by atoms with Gasteiger partial charge in [0.1, 0.15) is 0 Å². The number of rotatable bonds is 2. The summed E-state index contributed by atoms with van der Waals surface area (Å²) in [4.78, 5) is 20.4. The van der Waals surface area contributed by atoms with Gasteiger partial charge in [-0.2, -0.15) is 0 Å². The summed E-state index contributed by atoms with van der Waals surface area (Å²) in [5.41, 5.74) is 0.662. The van der Waals surface area contributed by atoms with Gasteiger partial charge in [-0.1, -0.05) is 91.8 Å². The Morgan fingerprint density at radius 3 is 0.808 bits per heavy atom. The molecule has 0 aliphatic rings. The molecule has 0 radical (unpaired) electrons. The highest BCUT2D eigenvalue weighted by Crippen LogP contribution is 1.96. The maximum absolute atomic E-state index is 10.2. The molecular weight excluding hydrogens is 328 g/mol. The van der Waals surface area contributed by atoms with Crippen molar-refractivity contribution in [1.29, 1.82) is 0 Å². The van der Waals surface area contributed by atoms with Gasteiger partial charge in [0.15, 0.2) is 0 Å². The zero-order chi connectivity index (χ0) is 21.4. The summed E-state index contributed by atoms with van der Waals surface area (Å²) in [5, 5.41) is 16.8. The smallest absolute Gasteiger partial charge is 0.335 e. The molecule has 26 heavy (non-hydrogen) atoms. The quantitative estimate of drug-likeness (QED) is 0.609. The second-order valence-corrected chi connectivity index (χ2v) is 3.34. The Morgan fingerprint density at radius 2 is 0.692 bits per heavy atom. The zero-order valence-corrected chi connectivity index (χ0v) is 17.5. The second kappa shape index (κ2) is 27.2. The number of hydrogen-bond acceptors (Lipinski definition) is 2. The lowest BCUT2D eigenvalue weighted by Gasteiger charge is -1.88. The molecular formula is C22H36O4. The average molecular weight is 365 g/mol. The summed E-state index contributed by atoms with van der Waals surface area (Å²) in [6, 6.07) is 16.6. The van der Waals surface area contributed by atoms with Gasteiger partial charge in [-0.25, -0.2) is 9.59 Å². The third kappa shape index (κ3) is 19.4. The molecule has 0 atom stereocenters. The van der Waals surface area contributed by atoms with E-state index >= 15 is 0 Å². The highest BCUT2D eigenvalue weighted by atomic mass is 16.4. The molecule has 0 amide bonds. The Hall–Kier alpha value is -2.62. The van der Waals surface area contributed by atoms with E-state index in [9.17, 15) is 9.59 Å². The monoisotopic (exact) mass is 364 g/mol. The summed E-state index contributed by atoms with van der Waals surface area (Å²) in [5.74, 6) is -1.76. The highest BCUT2D eigenvalue weighted by Gasteiger charge is 1.97. The van der Waals surface area contributed by atoms with Crippen molar-refractivity contribution in [2.75, 3.05) is 0 Å². The maximum Gasteiger partial charge on any atom is 0.335 e.